The minimum absolute atomic E-state index is 0.0709. The molecule has 0 unspecified atom stereocenters. The van der Waals surface area contributed by atoms with Gasteiger partial charge >= 0.3 is 0 Å². The maximum Gasteiger partial charge on any atom is 0.227 e. The van der Waals surface area contributed by atoms with Crippen LogP contribution in [-0.2, 0) is 6.61 Å². The van der Waals surface area contributed by atoms with Crippen molar-refractivity contribution in [1.82, 2.24) is 0 Å². The van der Waals surface area contributed by atoms with Crippen LogP contribution in [0.15, 0.2) is 75.9 Å². The molecule has 0 spiro atoms. The lowest BCUT2D eigenvalue weighted by Crippen LogP contribution is -2.16. The fourth-order valence-electron chi connectivity index (χ4n) is 2.48. The molecule has 1 heterocycles. The Hall–Kier alpha value is -3.05. The van der Waals surface area contributed by atoms with Crippen molar-refractivity contribution in [2.75, 3.05) is 5.32 Å². The van der Waals surface area contributed by atoms with Crippen molar-refractivity contribution in [3.8, 4) is 5.75 Å². The number of hydrogen-bond acceptors (Lipinski definition) is 5. The second-order valence-corrected chi connectivity index (χ2v) is 5.30. The topological polar surface area (TPSA) is 82.7 Å². The van der Waals surface area contributed by atoms with Gasteiger partial charge < -0.3 is 19.9 Å². The first-order valence-corrected chi connectivity index (χ1v) is 7.52. The van der Waals surface area contributed by atoms with E-state index >= 15 is 0 Å². The number of benzene rings is 2. The molecule has 0 saturated carbocycles. The van der Waals surface area contributed by atoms with Gasteiger partial charge in [-0.25, -0.2) is 0 Å². The third-order valence-electron chi connectivity index (χ3n) is 3.64. The minimum Gasteiger partial charge on any atom is -0.502 e. The van der Waals surface area contributed by atoms with Crippen LogP contribution in [0.3, 0.4) is 0 Å². The van der Waals surface area contributed by atoms with Gasteiger partial charge in [-0.05, 0) is 17.7 Å². The summed E-state index contributed by atoms with van der Waals surface area (Å²) < 4.78 is 5.56. The van der Waals surface area contributed by atoms with Gasteiger partial charge in [0.05, 0.1) is 0 Å². The second kappa shape index (κ2) is 7.02. The van der Waals surface area contributed by atoms with E-state index in [1.54, 1.807) is 0 Å². The fraction of sp³-hybridized carbons (Fsp3) is 0.105. The van der Waals surface area contributed by atoms with Gasteiger partial charge in [-0.2, -0.15) is 0 Å². The molecule has 1 atom stereocenters. The minimum atomic E-state index is -0.587. The summed E-state index contributed by atoms with van der Waals surface area (Å²) in [5.74, 6) is -0.297. The van der Waals surface area contributed by atoms with Gasteiger partial charge in [0.1, 0.15) is 18.4 Å². The molecule has 122 valence electrons. The molecule has 24 heavy (non-hydrogen) atoms. The van der Waals surface area contributed by atoms with Crippen LogP contribution in [0, 0.1) is 0 Å². The number of rotatable bonds is 5. The Kier molecular flexibility index (Phi) is 4.63. The van der Waals surface area contributed by atoms with Crippen molar-refractivity contribution in [2.24, 2.45) is 0 Å². The summed E-state index contributed by atoms with van der Waals surface area (Å²) in [7, 11) is 0. The molecule has 3 rings (SSSR count). The van der Waals surface area contributed by atoms with Crippen molar-refractivity contribution in [2.45, 2.75) is 12.6 Å². The molecular formula is C19H17NO4. The Labute approximate surface area is 138 Å². The molecule has 1 aromatic heterocycles. The number of para-hydroxylation sites is 1. The first kappa shape index (κ1) is 15.8. The van der Waals surface area contributed by atoms with E-state index < -0.39 is 23.8 Å². The zero-order valence-electron chi connectivity index (χ0n) is 12.8. The van der Waals surface area contributed by atoms with Gasteiger partial charge in [0.2, 0.25) is 11.2 Å². The van der Waals surface area contributed by atoms with E-state index in [4.69, 9.17) is 4.42 Å². The molecule has 0 saturated heterocycles. The predicted octanol–water partition coefficient (Wildman–Crippen LogP) is 3.04. The molecule has 2 aromatic carbocycles. The average Bonchev–Trinajstić information content (AvgIpc) is 2.64. The van der Waals surface area contributed by atoms with E-state index in [0.717, 1.165) is 17.3 Å². The predicted molar refractivity (Wildman–Crippen MR) is 90.9 cm³/mol. The molecule has 0 bridgehead atoms. The van der Waals surface area contributed by atoms with Crippen molar-refractivity contribution in [3.63, 3.8) is 0 Å². The smallest absolute Gasteiger partial charge is 0.227 e. The summed E-state index contributed by atoms with van der Waals surface area (Å²) in [6, 6.07) is 19.3. The summed E-state index contributed by atoms with van der Waals surface area (Å²) >= 11 is 0. The standard InChI is InChI=1S/C19H17NO4/c21-12-15-11-16(22)18(23)19(24-15)17(13-7-3-1-4-8-13)20-14-9-5-2-6-10-14/h1-11,17,20-21,23H,12H2/t17-/m1/s1. The van der Waals surface area contributed by atoms with Gasteiger partial charge in [0.25, 0.3) is 0 Å². The highest BCUT2D eigenvalue weighted by Gasteiger charge is 2.23. The van der Waals surface area contributed by atoms with Crippen LogP contribution in [0.1, 0.15) is 23.1 Å². The van der Waals surface area contributed by atoms with Crippen molar-refractivity contribution in [3.05, 3.63) is 94.0 Å². The highest BCUT2D eigenvalue weighted by molar-refractivity contribution is 5.49. The normalized spacial score (nSPS) is 11.9. The van der Waals surface area contributed by atoms with Crippen LogP contribution in [-0.4, -0.2) is 10.2 Å². The summed E-state index contributed by atoms with van der Waals surface area (Å²) in [6.45, 7) is -0.421. The molecule has 5 heteroatoms. The maximum absolute atomic E-state index is 12.0. The quantitative estimate of drug-likeness (QED) is 0.672. The van der Waals surface area contributed by atoms with Crippen LogP contribution >= 0.6 is 0 Å². The van der Waals surface area contributed by atoms with E-state index in [0.29, 0.717) is 0 Å². The Morgan fingerprint density at radius 1 is 1.00 bits per heavy atom. The van der Waals surface area contributed by atoms with E-state index in [-0.39, 0.29) is 11.5 Å². The number of aromatic hydroxyl groups is 1. The van der Waals surface area contributed by atoms with Gasteiger partial charge in [-0.1, -0.05) is 48.5 Å². The molecule has 3 N–H and O–H groups in total. The molecule has 0 fully saturated rings. The Morgan fingerprint density at radius 3 is 2.25 bits per heavy atom. The lowest BCUT2D eigenvalue weighted by molar-refractivity contribution is 0.234. The Morgan fingerprint density at radius 2 is 1.62 bits per heavy atom. The van der Waals surface area contributed by atoms with E-state index in [1.807, 2.05) is 60.7 Å². The van der Waals surface area contributed by atoms with E-state index in [9.17, 15) is 15.0 Å². The second-order valence-electron chi connectivity index (χ2n) is 5.30. The Balaban J connectivity index is 2.12. The van der Waals surface area contributed by atoms with Crippen molar-refractivity contribution >= 4 is 5.69 Å². The number of aliphatic hydroxyl groups is 1. The lowest BCUT2D eigenvalue weighted by atomic mass is 10.0. The van der Waals surface area contributed by atoms with E-state index in [1.165, 1.54) is 0 Å². The van der Waals surface area contributed by atoms with Gasteiger partial charge in [-0.3, -0.25) is 4.79 Å². The summed E-state index contributed by atoms with van der Waals surface area (Å²) in [5, 5.41) is 22.7. The number of nitrogens with one attached hydrogen (secondary N) is 1. The highest BCUT2D eigenvalue weighted by atomic mass is 16.4. The van der Waals surface area contributed by atoms with Crippen molar-refractivity contribution in [1.29, 1.82) is 0 Å². The van der Waals surface area contributed by atoms with Crippen LogP contribution in [0.5, 0.6) is 5.75 Å². The molecule has 0 aliphatic carbocycles. The van der Waals surface area contributed by atoms with Crippen LogP contribution in [0.4, 0.5) is 5.69 Å². The Bertz CT molecular complexity index is 860. The first-order valence-electron chi connectivity index (χ1n) is 7.52. The molecular weight excluding hydrogens is 306 g/mol. The molecule has 5 nitrogen and oxygen atoms in total. The average molecular weight is 323 g/mol. The highest BCUT2D eigenvalue weighted by Crippen LogP contribution is 2.31. The molecule has 0 radical (unpaired) electrons. The van der Waals surface area contributed by atoms with Crippen molar-refractivity contribution < 1.29 is 14.6 Å². The fourth-order valence-corrected chi connectivity index (χ4v) is 2.48. The molecule has 0 aliphatic heterocycles. The van der Waals surface area contributed by atoms with Gasteiger partial charge in [0.15, 0.2) is 5.76 Å². The summed E-state index contributed by atoms with van der Waals surface area (Å²) in [6.07, 6.45) is 0. The number of aliphatic hydroxyl groups excluding tert-OH is 1. The lowest BCUT2D eigenvalue weighted by Gasteiger charge is -2.20. The molecule has 0 amide bonds. The third-order valence-corrected chi connectivity index (χ3v) is 3.64. The monoisotopic (exact) mass is 323 g/mol. The van der Waals surface area contributed by atoms with Gasteiger partial charge in [0, 0.05) is 11.8 Å². The zero-order valence-corrected chi connectivity index (χ0v) is 12.8. The first-order chi connectivity index (χ1) is 11.7. The molecule has 3 aromatic rings. The molecule has 0 aliphatic rings. The van der Waals surface area contributed by atoms with Crippen LogP contribution in [0.25, 0.3) is 0 Å². The zero-order chi connectivity index (χ0) is 16.9. The van der Waals surface area contributed by atoms with E-state index in [2.05, 4.69) is 5.32 Å². The number of anilines is 1. The summed E-state index contributed by atoms with van der Waals surface area (Å²) in [4.78, 5) is 12.0. The number of hydrogen-bond donors (Lipinski definition) is 3. The SMILES string of the molecule is O=c1cc(CO)oc([C@H](Nc2ccccc2)c2ccccc2)c1O. The maximum atomic E-state index is 12.0. The van der Waals surface area contributed by atoms with Crippen LogP contribution < -0.4 is 10.7 Å². The summed E-state index contributed by atoms with van der Waals surface area (Å²) in [5.41, 5.74) is 1.04. The van der Waals surface area contributed by atoms with Gasteiger partial charge in [-0.15, -0.1) is 0 Å². The third kappa shape index (κ3) is 3.31. The van der Waals surface area contributed by atoms with Crippen LogP contribution in [0.2, 0.25) is 0 Å². The largest absolute Gasteiger partial charge is 0.502 e.